The molecule has 1 aliphatic heterocycles. The molecular weight excluding hydrogens is 334 g/mol. The molecule has 23 heavy (non-hydrogen) atoms. The van der Waals surface area contributed by atoms with Gasteiger partial charge in [-0.2, -0.15) is 4.31 Å². The zero-order chi connectivity index (χ0) is 16.3. The first-order valence-corrected chi connectivity index (χ1v) is 9.43. The topological polar surface area (TPSA) is 46.6 Å². The Morgan fingerprint density at radius 2 is 1.78 bits per heavy atom. The predicted octanol–water partition coefficient (Wildman–Crippen LogP) is 3.24. The van der Waals surface area contributed by atoms with Crippen molar-refractivity contribution in [1.82, 2.24) is 4.31 Å². The van der Waals surface area contributed by atoms with Gasteiger partial charge in [-0.05, 0) is 11.6 Å². The number of morpholine rings is 1. The van der Waals surface area contributed by atoms with E-state index in [-0.39, 0.29) is 11.9 Å². The van der Waals surface area contributed by atoms with Gasteiger partial charge in [0.2, 0.25) is 10.0 Å². The first-order chi connectivity index (χ1) is 11.1. The Labute approximate surface area is 141 Å². The van der Waals surface area contributed by atoms with Gasteiger partial charge in [0, 0.05) is 23.7 Å². The van der Waals surface area contributed by atoms with Gasteiger partial charge in [-0.1, -0.05) is 60.1 Å². The maximum absolute atomic E-state index is 12.7. The second-order valence-corrected chi connectivity index (χ2v) is 7.86. The van der Waals surface area contributed by atoms with Crippen LogP contribution in [0.15, 0.2) is 54.6 Å². The Morgan fingerprint density at radius 1 is 1.09 bits per heavy atom. The van der Waals surface area contributed by atoms with Gasteiger partial charge in [0.25, 0.3) is 0 Å². The van der Waals surface area contributed by atoms with E-state index in [1.54, 1.807) is 6.07 Å². The van der Waals surface area contributed by atoms with Crippen molar-refractivity contribution in [2.24, 2.45) is 0 Å². The van der Waals surface area contributed by atoms with Crippen LogP contribution in [0.2, 0.25) is 5.02 Å². The molecule has 3 rings (SSSR count). The summed E-state index contributed by atoms with van der Waals surface area (Å²) in [6.07, 6.45) is -0.331. The van der Waals surface area contributed by atoms with Crippen LogP contribution in [0, 0.1) is 0 Å². The van der Waals surface area contributed by atoms with E-state index in [1.165, 1.54) is 4.31 Å². The second-order valence-electron chi connectivity index (χ2n) is 5.48. The predicted molar refractivity (Wildman–Crippen MR) is 90.8 cm³/mol. The summed E-state index contributed by atoms with van der Waals surface area (Å²) in [6, 6.07) is 16.6. The van der Waals surface area contributed by atoms with E-state index in [0.29, 0.717) is 24.7 Å². The fourth-order valence-electron chi connectivity index (χ4n) is 2.68. The fraction of sp³-hybridized carbons (Fsp3) is 0.294. The first-order valence-electron chi connectivity index (χ1n) is 7.44. The summed E-state index contributed by atoms with van der Waals surface area (Å²) in [7, 11) is -3.38. The summed E-state index contributed by atoms with van der Waals surface area (Å²) in [6.45, 7) is 1.03. The lowest BCUT2D eigenvalue weighted by atomic mass is 10.1. The van der Waals surface area contributed by atoms with Crippen molar-refractivity contribution in [3.8, 4) is 0 Å². The third-order valence-electron chi connectivity index (χ3n) is 3.87. The molecule has 0 amide bonds. The fourth-order valence-corrected chi connectivity index (χ4v) is 4.45. The third kappa shape index (κ3) is 3.93. The van der Waals surface area contributed by atoms with Crippen molar-refractivity contribution < 1.29 is 13.2 Å². The van der Waals surface area contributed by atoms with Crippen molar-refractivity contribution in [3.05, 3.63) is 70.7 Å². The van der Waals surface area contributed by atoms with Gasteiger partial charge in [-0.15, -0.1) is 0 Å². The number of rotatable bonds is 4. The molecule has 6 heteroatoms. The summed E-state index contributed by atoms with van der Waals surface area (Å²) in [4.78, 5) is 0. The number of benzene rings is 2. The average Bonchev–Trinajstić information content (AvgIpc) is 2.56. The lowest BCUT2D eigenvalue weighted by Gasteiger charge is -2.32. The molecule has 122 valence electrons. The molecule has 0 aliphatic carbocycles. The van der Waals surface area contributed by atoms with E-state index in [9.17, 15) is 8.42 Å². The van der Waals surface area contributed by atoms with Crippen molar-refractivity contribution in [2.45, 2.75) is 11.9 Å². The Bertz CT molecular complexity index is 764. The van der Waals surface area contributed by atoms with Gasteiger partial charge >= 0.3 is 0 Å². The lowest BCUT2D eigenvalue weighted by Crippen LogP contribution is -2.42. The smallest absolute Gasteiger partial charge is 0.218 e. The largest absolute Gasteiger partial charge is 0.371 e. The molecule has 0 radical (unpaired) electrons. The molecule has 0 N–H and O–H groups in total. The van der Waals surface area contributed by atoms with Crippen LogP contribution in [0.4, 0.5) is 0 Å². The quantitative estimate of drug-likeness (QED) is 0.849. The van der Waals surface area contributed by atoms with Gasteiger partial charge in [0.1, 0.15) is 0 Å². The molecule has 1 unspecified atom stereocenters. The Morgan fingerprint density at radius 3 is 2.52 bits per heavy atom. The average molecular weight is 352 g/mol. The van der Waals surface area contributed by atoms with Crippen LogP contribution in [-0.2, 0) is 20.5 Å². The van der Waals surface area contributed by atoms with E-state index >= 15 is 0 Å². The minimum Gasteiger partial charge on any atom is -0.371 e. The zero-order valence-corrected chi connectivity index (χ0v) is 14.1. The molecule has 1 fully saturated rings. The van der Waals surface area contributed by atoms with Crippen LogP contribution in [0.25, 0.3) is 0 Å². The van der Waals surface area contributed by atoms with Gasteiger partial charge in [0.05, 0.1) is 18.5 Å². The number of nitrogens with zero attached hydrogens (tertiary/aromatic N) is 1. The molecule has 1 atom stereocenters. The van der Waals surface area contributed by atoms with Crippen molar-refractivity contribution in [2.75, 3.05) is 19.7 Å². The van der Waals surface area contributed by atoms with Crippen molar-refractivity contribution in [3.63, 3.8) is 0 Å². The molecule has 0 saturated carbocycles. The van der Waals surface area contributed by atoms with Crippen LogP contribution in [0.1, 0.15) is 17.2 Å². The normalized spacial score (nSPS) is 19.6. The molecular formula is C17H18ClNO3S. The molecule has 0 spiro atoms. The van der Waals surface area contributed by atoms with E-state index < -0.39 is 10.0 Å². The molecule has 0 bridgehead atoms. The van der Waals surface area contributed by atoms with Crippen LogP contribution in [0.3, 0.4) is 0 Å². The van der Waals surface area contributed by atoms with Gasteiger partial charge in [0.15, 0.2) is 0 Å². The minimum atomic E-state index is -3.38. The van der Waals surface area contributed by atoms with Crippen molar-refractivity contribution >= 4 is 21.6 Å². The van der Waals surface area contributed by atoms with E-state index in [4.69, 9.17) is 16.3 Å². The van der Waals surface area contributed by atoms with E-state index in [2.05, 4.69) is 0 Å². The van der Waals surface area contributed by atoms with Crippen LogP contribution >= 0.6 is 11.6 Å². The van der Waals surface area contributed by atoms with Crippen LogP contribution in [-0.4, -0.2) is 32.4 Å². The second kappa shape index (κ2) is 7.01. The summed E-state index contributed by atoms with van der Waals surface area (Å²) < 4.78 is 32.5. The van der Waals surface area contributed by atoms with E-state index in [1.807, 2.05) is 48.5 Å². The van der Waals surface area contributed by atoms with Crippen LogP contribution < -0.4 is 0 Å². The summed E-state index contributed by atoms with van der Waals surface area (Å²) in [5.41, 5.74) is 1.61. The summed E-state index contributed by atoms with van der Waals surface area (Å²) in [5.74, 6) is 0.00306. The molecule has 1 saturated heterocycles. The highest BCUT2D eigenvalue weighted by atomic mass is 35.5. The number of halogens is 1. The SMILES string of the molecule is O=S(=O)(Cc1ccccc1)N1CCOC(c2ccccc2Cl)C1. The van der Waals surface area contributed by atoms with E-state index in [0.717, 1.165) is 11.1 Å². The molecule has 2 aromatic rings. The standard InChI is InChI=1S/C17H18ClNO3S/c18-16-9-5-4-8-15(16)17-12-19(10-11-22-17)23(20,21)13-14-6-2-1-3-7-14/h1-9,17H,10-13H2. The summed E-state index contributed by atoms with van der Waals surface area (Å²) >= 11 is 6.20. The summed E-state index contributed by atoms with van der Waals surface area (Å²) in [5, 5.41) is 0.597. The van der Waals surface area contributed by atoms with Crippen LogP contribution in [0.5, 0.6) is 0 Å². The van der Waals surface area contributed by atoms with Gasteiger partial charge < -0.3 is 4.74 Å². The highest BCUT2D eigenvalue weighted by Crippen LogP contribution is 2.29. The molecule has 0 aromatic heterocycles. The third-order valence-corrected chi connectivity index (χ3v) is 6.03. The monoisotopic (exact) mass is 351 g/mol. The maximum Gasteiger partial charge on any atom is 0.218 e. The molecule has 1 heterocycles. The zero-order valence-electron chi connectivity index (χ0n) is 12.6. The van der Waals surface area contributed by atoms with Gasteiger partial charge in [-0.3, -0.25) is 0 Å². The Kier molecular flexibility index (Phi) is 5.02. The molecule has 1 aliphatic rings. The highest BCUT2D eigenvalue weighted by molar-refractivity contribution is 7.88. The lowest BCUT2D eigenvalue weighted by molar-refractivity contribution is -0.00254. The first kappa shape index (κ1) is 16.5. The minimum absolute atomic E-state index is 0.00306. The van der Waals surface area contributed by atoms with Crippen molar-refractivity contribution in [1.29, 1.82) is 0 Å². The highest BCUT2D eigenvalue weighted by Gasteiger charge is 2.31. The Hall–Kier alpha value is -1.40. The number of hydrogen-bond donors (Lipinski definition) is 0. The number of sulfonamides is 1. The Balaban J connectivity index is 1.77. The number of ether oxygens (including phenoxy) is 1. The molecule has 4 nitrogen and oxygen atoms in total. The van der Waals surface area contributed by atoms with Gasteiger partial charge in [-0.25, -0.2) is 8.42 Å². The maximum atomic E-state index is 12.7. The molecule has 2 aromatic carbocycles. The number of hydrogen-bond acceptors (Lipinski definition) is 3.